The van der Waals surface area contributed by atoms with Gasteiger partial charge < -0.3 is 5.73 Å². The molecule has 0 aliphatic rings. The van der Waals surface area contributed by atoms with E-state index in [-0.39, 0.29) is 24.0 Å². The zero-order chi connectivity index (χ0) is 14.7. The molecule has 2 rings (SSSR count). The molecule has 0 aliphatic carbocycles. The third kappa shape index (κ3) is 3.36. The highest BCUT2D eigenvalue weighted by molar-refractivity contribution is 5.23. The van der Waals surface area contributed by atoms with Crippen LogP contribution < -0.4 is 5.73 Å². The quantitative estimate of drug-likeness (QED) is 0.856. The van der Waals surface area contributed by atoms with E-state index >= 15 is 0 Å². The molecule has 2 aromatic carbocycles. The number of rotatable bonds is 4. The Morgan fingerprint density at radius 1 is 0.850 bits per heavy atom. The molecule has 1 atom stereocenters. The molecule has 20 heavy (non-hydrogen) atoms. The summed E-state index contributed by atoms with van der Waals surface area (Å²) in [4.78, 5) is 0. The zero-order valence-electron chi connectivity index (χ0n) is 10.5. The number of hydrogen-bond acceptors (Lipinski definition) is 1. The smallest absolute Gasteiger partial charge is 0.129 e. The lowest BCUT2D eigenvalue weighted by Gasteiger charge is -2.13. The van der Waals surface area contributed by atoms with Gasteiger partial charge in [-0.3, -0.25) is 0 Å². The van der Waals surface area contributed by atoms with Crippen LogP contribution in [0, 0.1) is 23.3 Å². The molecule has 0 heterocycles. The molecular weight excluding hydrogens is 270 g/mol. The van der Waals surface area contributed by atoms with E-state index in [1.54, 1.807) is 0 Å². The first-order chi connectivity index (χ1) is 9.47. The van der Waals surface area contributed by atoms with Gasteiger partial charge in [-0.1, -0.05) is 12.1 Å². The van der Waals surface area contributed by atoms with Crippen molar-refractivity contribution in [1.29, 1.82) is 0 Å². The predicted molar refractivity (Wildman–Crippen MR) is 68.1 cm³/mol. The van der Waals surface area contributed by atoms with Gasteiger partial charge >= 0.3 is 0 Å². The van der Waals surface area contributed by atoms with Crippen molar-refractivity contribution in [3.8, 4) is 0 Å². The van der Waals surface area contributed by atoms with Crippen molar-refractivity contribution in [2.24, 2.45) is 5.73 Å². The summed E-state index contributed by atoms with van der Waals surface area (Å²) in [5.41, 5.74) is 5.88. The van der Waals surface area contributed by atoms with E-state index in [4.69, 9.17) is 5.73 Å². The summed E-state index contributed by atoms with van der Waals surface area (Å²) < 4.78 is 53.2. The largest absolute Gasteiger partial charge is 0.327 e. The highest BCUT2D eigenvalue weighted by Crippen LogP contribution is 2.17. The predicted octanol–water partition coefficient (Wildman–Crippen LogP) is 3.36. The molecule has 0 aliphatic heterocycles. The Hall–Kier alpha value is -1.88. The van der Waals surface area contributed by atoms with E-state index < -0.39 is 29.3 Å². The van der Waals surface area contributed by atoms with Gasteiger partial charge in [-0.2, -0.15) is 0 Å². The van der Waals surface area contributed by atoms with Gasteiger partial charge in [-0.05, 0) is 36.6 Å². The number of nitrogens with two attached hydrogens (primary N) is 1. The van der Waals surface area contributed by atoms with Crippen LogP contribution in [0.25, 0.3) is 0 Å². The summed E-state index contributed by atoms with van der Waals surface area (Å²) in [7, 11) is 0. The Bertz CT molecular complexity index is 593. The molecule has 0 amide bonds. The van der Waals surface area contributed by atoms with E-state index in [1.165, 1.54) is 12.1 Å². The molecule has 0 bridgehead atoms. The molecule has 0 radical (unpaired) electrons. The van der Waals surface area contributed by atoms with Crippen molar-refractivity contribution in [3.05, 3.63) is 70.8 Å². The minimum absolute atomic E-state index is 0.0602. The van der Waals surface area contributed by atoms with E-state index in [0.29, 0.717) is 0 Å². The highest BCUT2D eigenvalue weighted by Gasteiger charge is 2.15. The Balaban J connectivity index is 2.11. The van der Waals surface area contributed by atoms with Crippen LogP contribution in [0.3, 0.4) is 0 Å². The van der Waals surface area contributed by atoms with E-state index in [2.05, 4.69) is 0 Å². The van der Waals surface area contributed by atoms with Crippen LogP contribution in [0.4, 0.5) is 17.6 Å². The average Bonchev–Trinajstić information content (AvgIpc) is 2.37. The average molecular weight is 283 g/mol. The molecule has 106 valence electrons. The fraction of sp³-hybridized carbons (Fsp3) is 0.200. The summed E-state index contributed by atoms with van der Waals surface area (Å²) in [5, 5.41) is 0. The molecule has 2 N–H and O–H groups in total. The van der Waals surface area contributed by atoms with Crippen molar-refractivity contribution in [1.82, 2.24) is 0 Å². The lowest BCUT2D eigenvalue weighted by atomic mass is 9.98. The molecule has 0 fully saturated rings. The molecule has 2 aromatic rings. The van der Waals surface area contributed by atoms with E-state index in [1.807, 2.05) is 0 Å². The molecule has 5 heteroatoms. The van der Waals surface area contributed by atoms with Gasteiger partial charge in [-0.15, -0.1) is 0 Å². The Morgan fingerprint density at radius 2 is 1.50 bits per heavy atom. The summed E-state index contributed by atoms with van der Waals surface area (Å²) >= 11 is 0. The molecule has 1 unspecified atom stereocenters. The summed E-state index contributed by atoms with van der Waals surface area (Å²) in [6.45, 7) is 0. The standard InChI is InChI=1S/C15H13F4N/c16-10-5-4-9(15(19)7-10)6-11(20)8-12-13(17)2-1-3-14(12)18/h1-5,7,11H,6,8,20H2. The first kappa shape index (κ1) is 14.5. The SMILES string of the molecule is NC(Cc1ccc(F)cc1F)Cc1c(F)cccc1F. The van der Waals surface area contributed by atoms with Crippen LogP contribution in [0.5, 0.6) is 0 Å². The Morgan fingerprint density at radius 3 is 2.10 bits per heavy atom. The summed E-state index contributed by atoms with van der Waals surface area (Å²) in [6, 6.07) is 6.04. The first-order valence-electron chi connectivity index (χ1n) is 6.09. The molecule has 0 aromatic heterocycles. The van der Waals surface area contributed by atoms with Gasteiger partial charge in [0.15, 0.2) is 0 Å². The fourth-order valence-corrected chi connectivity index (χ4v) is 2.03. The zero-order valence-corrected chi connectivity index (χ0v) is 10.5. The second-order valence-corrected chi connectivity index (χ2v) is 4.60. The molecular formula is C15H13F4N. The third-order valence-corrected chi connectivity index (χ3v) is 3.03. The number of halogens is 4. The topological polar surface area (TPSA) is 26.0 Å². The maximum atomic E-state index is 13.5. The van der Waals surface area contributed by atoms with Crippen LogP contribution in [-0.2, 0) is 12.8 Å². The van der Waals surface area contributed by atoms with Gasteiger partial charge in [0.05, 0.1) is 0 Å². The molecule has 0 saturated carbocycles. The second-order valence-electron chi connectivity index (χ2n) is 4.60. The Kier molecular flexibility index (Phi) is 4.39. The van der Waals surface area contributed by atoms with Crippen LogP contribution >= 0.6 is 0 Å². The number of benzene rings is 2. The molecule has 0 saturated heterocycles. The summed E-state index contributed by atoms with van der Waals surface area (Å²) in [5.74, 6) is -2.76. The highest BCUT2D eigenvalue weighted by atomic mass is 19.1. The fourth-order valence-electron chi connectivity index (χ4n) is 2.03. The lowest BCUT2D eigenvalue weighted by Crippen LogP contribution is -2.27. The monoisotopic (exact) mass is 283 g/mol. The Labute approximate surface area is 114 Å². The van der Waals surface area contributed by atoms with Gasteiger partial charge in [-0.25, -0.2) is 17.6 Å². The van der Waals surface area contributed by atoms with Crippen LogP contribution in [0.1, 0.15) is 11.1 Å². The van der Waals surface area contributed by atoms with Crippen molar-refractivity contribution >= 4 is 0 Å². The van der Waals surface area contributed by atoms with Crippen LogP contribution in [0.15, 0.2) is 36.4 Å². The van der Waals surface area contributed by atoms with Crippen LogP contribution in [0.2, 0.25) is 0 Å². The molecule has 0 spiro atoms. The normalized spacial score (nSPS) is 12.4. The van der Waals surface area contributed by atoms with Crippen molar-refractivity contribution in [2.75, 3.05) is 0 Å². The van der Waals surface area contributed by atoms with Crippen LogP contribution in [-0.4, -0.2) is 6.04 Å². The first-order valence-corrected chi connectivity index (χ1v) is 6.09. The van der Waals surface area contributed by atoms with Crippen molar-refractivity contribution in [2.45, 2.75) is 18.9 Å². The van der Waals surface area contributed by atoms with Gasteiger partial charge in [0.2, 0.25) is 0 Å². The maximum Gasteiger partial charge on any atom is 0.129 e. The van der Waals surface area contributed by atoms with E-state index in [0.717, 1.165) is 24.3 Å². The van der Waals surface area contributed by atoms with Crippen molar-refractivity contribution < 1.29 is 17.6 Å². The maximum absolute atomic E-state index is 13.5. The van der Waals surface area contributed by atoms with Crippen molar-refractivity contribution in [3.63, 3.8) is 0 Å². The second kappa shape index (κ2) is 6.05. The third-order valence-electron chi connectivity index (χ3n) is 3.03. The lowest BCUT2D eigenvalue weighted by molar-refractivity contribution is 0.525. The van der Waals surface area contributed by atoms with Gasteiger partial charge in [0.25, 0.3) is 0 Å². The van der Waals surface area contributed by atoms with E-state index in [9.17, 15) is 17.6 Å². The minimum atomic E-state index is -0.713. The molecule has 1 nitrogen and oxygen atoms in total. The van der Waals surface area contributed by atoms with Gasteiger partial charge in [0.1, 0.15) is 23.3 Å². The van der Waals surface area contributed by atoms with Gasteiger partial charge in [0, 0.05) is 17.7 Å². The number of hydrogen-bond donors (Lipinski definition) is 1. The summed E-state index contributed by atoms with van der Waals surface area (Å²) in [6.07, 6.45) is 0.00914. The minimum Gasteiger partial charge on any atom is -0.327 e.